The van der Waals surface area contributed by atoms with Crippen molar-refractivity contribution >= 4 is 16.7 Å². The van der Waals surface area contributed by atoms with Crippen LogP contribution >= 0.6 is 0 Å². The number of rotatable bonds is 2. The molecule has 0 bridgehead atoms. The Hall–Kier alpha value is -2.08. The van der Waals surface area contributed by atoms with Crippen molar-refractivity contribution in [1.29, 1.82) is 5.26 Å². The van der Waals surface area contributed by atoms with Crippen LogP contribution in [0, 0.1) is 11.3 Å². The first-order valence-corrected chi connectivity index (χ1v) is 6.43. The molecule has 2 aromatic rings. The quantitative estimate of drug-likeness (QED) is 0.870. The van der Waals surface area contributed by atoms with Crippen LogP contribution in [0.15, 0.2) is 30.3 Å². The molecule has 1 heterocycles. The molecular weight excluding hydrogens is 222 g/mol. The van der Waals surface area contributed by atoms with Crippen molar-refractivity contribution in [2.75, 3.05) is 5.32 Å². The highest BCUT2D eigenvalue weighted by molar-refractivity contribution is 5.86. The Kier molecular flexibility index (Phi) is 2.85. The third-order valence-electron chi connectivity index (χ3n) is 3.54. The van der Waals surface area contributed by atoms with Crippen LogP contribution in [-0.4, -0.2) is 11.0 Å². The molecule has 3 heteroatoms. The molecule has 90 valence electrons. The van der Waals surface area contributed by atoms with Crippen molar-refractivity contribution in [3.63, 3.8) is 0 Å². The van der Waals surface area contributed by atoms with Gasteiger partial charge in [0.15, 0.2) is 0 Å². The lowest BCUT2D eigenvalue weighted by Gasteiger charge is -2.13. The van der Waals surface area contributed by atoms with E-state index in [1.807, 2.05) is 30.3 Å². The Bertz CT molecular complexity index is 607. The van der Waals surface area contributed by atoms with Crippen LogP contribution < -0.4 is 5.32 Å². The summed E-state index contributed by atoms with van der Waals surface area (Å²) < 4.78 is 0. The average Bonchev–Trinajstić information content (AvgIpc) is 2.90. The normalized spacial score (nSPS) is 15.7. The molecule has 0 spiro atoms. The number of pyridine rings is 1. The van der Waals surface area contributed by atoms with E-state index in [0.717, 1.165) is 16.7 Å². The molecule has 1 aliphatic carbocycles. The molecule has 0 saturated heterocycles. The van der Waals surface area contributed by atoms with Gasteiger partial charge in [0.25, 0.3) is 0 Å². The predicted molar refractivity (Wildman–Crippen MR) is 72.3 cm³/mol. The summed E-state index contributed by atoms with van der Waals surface area (Å²) in [6.45, 7) is 0. The van der Waals surface area contributed by atoms with Gasteiger partial charge in [-0.05, 0) is 25.0 Å². The van der Waals surface area contributed by atoms with E-state index in [2.05, 4.69) is 16.4 Å². The van der Waals surface area contributed by atoms with Gasteiger partial charge in [0.1, 0.15) is 5.82 Å². The largest absolute Gasteiger partial charge is 0.367 e. The van der Waals surface area contributed by atoms with Crippen LogP contribution in [0.1, 0.15) is 31.2 Å². The minimum absolute atomic E-state index is 0.519. The fourth-order valence-electron chi connectivity index (χ4n) is 2.62. The predicted octanol–water partition coefficient (Wildman–Crippen LogP) is 3.46. The zero-order valence-electron chi connectivity index (χ0n) is 10.2. The number of benzene rings is 1. The molecule has 1 N–H and O–H groups in total. The van der Waals surface area contributed by atoms with Gasteiger partial charge >= 0.3 is 0 Å². The summed E-state index contributed by atoms with van der Waals surface area (Å²) in [7, 11) is 0. The number of aromatic nitrogens is 1. The van der Waals surface area contributed by atoms with Crippen molar-refractivity contribution in [2.45, 2.75) is 31.7 Å². The number of hydrogen-bond acceptors (Lipinski definition) is 3. The lowest BCUT2D eigenvalue weighted by molar-refractivity contribution is 0.751. The highest BCUT2D eigenvalue weighted by Gasteiger charge is 2.15. The zero-order chi connectivity index (χ0) is 12.4. The molecule has 3 rings (SSSR count). The summed E-state index contributed by atoms with van der Waals surface area (Å²) in [6, 6.07) is 12.4. The lowest BCUT2D eigenvalue weighted by Crippen LogP contribution is -2.15. The third kappa shape index (κ3) is 2.02. The van der Waals surface area contributed by atoms with E-state index in [-0.39, 0.29) is 0 Å². The van der Waals surface area contributed by atoms with E-state index in [0.29, 0.717) is 11.6 Å². The number of fused-ring (bicyclic) bond motifs is 1. The van der Waals surface area contributed by atoms with Crippen molar-refractivity contribution in [3.8, 4) is 6.07 Å². The Morgan fingerprint density at radius 1 is 1.22 bits per heavy atom. The fourth-order valence-corrected chi connectivity index (χ4v) is 2.62. The van der Waals surface area contributed by atoms with Crippen LogP contribution in [0.25, 0.3) is 10.9 Å². The molecule has 1 aromatic heterocycles. The van der Waals surface area contributed by atoms with Crippen LogP contribution in [-0.2, 0) is 0 Å². The fraction of sp³-hybridized carbons (Fsp3) is 0.333. The summed E-state index contributed by atoms with van der Waals surface area (Å²) in [5.41, 5.74) is 1.58. The summed E-state index contributed by atoms with van der Waals surface area (Å²) in [5, 5.41) is 13.6. The Balaban J connectivity index is 2.00. The van der Waals surface area contributed by atoms with Gasteiger partial charge in [0, 0.05) is 11.4 Å². The van der Waals surface area contributed by atoms with E-state index in [1.165, 1.54) is 25.7 Å². The summed E-state index contributed by atoms with van der Waals surface area (Å²) in [5.74, 6) is 0.831. The van der Waals surface area contributed by atoms with Crippen LogP contribution in [0.4, 0.5) is 5.82 Å². The lowest BCUT2D eigenvalue weighted by atomic mass is 10.1. The number of para-hydroxylation sites is 1. The van der Waals surface area contributed by atoms with E-state index < -0.39 is 0 Å². The van der Waals surface area contributed by atoms with E-state index in [1.54, 1.807) is 0 Å². The summed E-state index contributed by atoms with van der Waals surface area (Å²) >= 11 is 0. The molecule has 1 saturated carbocycles. The second-order valence-electron chi connectivity index (χ2n) is 4.81. The first-order chi connectivity index (χ1) is 8.86. The molecule has 1 fully saturated rings. The first-order valence-electron chi connectivity index (χ1n) is 6.43. The number of nitrogens with one attached hydrogen (secondary N) is 1. The molecular formula is C15H15N3. The average molecular weight is 237 g/mol. The molecule has 0 amide bonds. The maximum Gasteiger partial charge on any atom is 0.128 e. The van der Waals surface area contributed by atoms with Crippen LogP contribution in [0.3, 0.4) is 0 Å². The summed E-state index contributed by atoms with van der Waals surface area (Å²) in [6.07, 6.45) is 4.99. The van der Waals surface area contributed by atoms with Gasteiger partial charge in [-0.3, -0.25) is 0 Å². The highest BCUT2D eigenvalue weighted by atomic mass is 15.0. The number of nitrogens with zero attached hydrogens (tertiary/aromatic N) is 2. The smallest absolute Gasteiger partial charge is 0.128 e. The Labute approximate surface area is 106 Å². The van der Waals surface area contributed by atoms with Gasteiger partial charge in [-0.2, -0.15) is 5.26 Å². The van der Waals surface area contributed by atoms with Gasteiger partial charge in [-0.1, -0.05) is 31.0 Å². The van der Waals surface area contributed by atoms with E-state index in [9.17, 15) is 5.26 Å². The van der Waals surface area contributed by atoms with Gasteiger partial charge < -0.3 is 5.32 Å². The standard InChI is InChI=1S/C15H15N3/c16-10-11-9-15(17-12-5-1-2-6-12)18-14-8-4-3-7-13(11)14/h3-4,7-9,12H,1-2,5-6H2,(H,17,18). The third-order valence-corrected chi connectivity index (χ3v) is 3.54. The van der Waals surface area contributed by atoms with Crippen molar-refractivity contribution in [1.82, 2.24) is 4.98 Å². The first kappa shape index (κ1) is 11.0. The van der Waals surface area contributed by atoms with Gasteiger partial charge in [-0.25, -0.2) is 4.98 Å². The van der Waals surface area contributed by atoms with E-state index >= 15 is 0 Å². The second kappa shape index (κ2) is 4.66. The molecule has 18 heavy (non-hydrogen) atoms. The molecule has 0 aliphatic heterocycles. The summed E-state index contributed by atoms with van der Waals surface area (Å²) in [4.78, 5) is 4.59. The minimum atomic E-state index is 0.519. The minimum Gasteiger partial charge on any atom is -0.367 e. The van der Waals surface area contributed by atoms with Gasteiger partial charge in [0.05, 0.1) is 17.1 Å². The molecule has 0 radical (unpaired) electrons. The molecule has 3 nitrogen and oxygen atoms in total. The molecule has 0 atom stereocenters. The second-order valence-corrected chi connectivity index (χ2v) is 4.81. The van der Waals surface area contributed by atoms with Crippen LogP contribution in [0.5, 0.6) is 0 Å². The van der Waals surface area contributed by atoms with Crippen LogP contribution in [0.2, 0.25) is 0 Å². The molecule has 0 unspecified atom stereocenters. The topological polar surface area (TPSA) is 48.7 Å². The molecule has 1 aliphatic rings. The molecule has 1 aromatic carbocycles. The zero-order valence-corrected chi connectivity index (χ0v) is 10.2. The number of anilines is 1. The highest BCUT2D eigenvalue weighted by Crippen LogP contribution is 2.24. The number of nitriles is 1. The van der Waals surface area contributed by atoms with Crippen molar-refractivity contribution in [2.24, 2.45) is 0 Å². The van der Waals surface area contributed by atoms with Crippen molar-refractivity contribution in [3.05, 3.63) is 35.9 Å². The Morgan fingerprint density at radius 3 is 2.78 bits per heavy atom. The van der Waals surface area contributed by atoms with Gasteiger partial charge in [-0.15, -0.1) is 0 Å². The maximum atomic E-state index is 9.22. The monoisotopic (exact) mass is 237 g/mol. The maximum absolute atomic E-state index is 9.22. The number of hydrogen-bond donors (Lipinski definition) is 1. The van der Waals surface area contributed by atoms with Crippen molar-refractivity contribution < 1.29 is 0 Å². The SMILES string of the molecule is N#Cc1cc(NC2CCCC2)nc2ccccc12. The Morgan fingerprint density at radius 2 is 2.00 bits per heavy atom. The van der Waals surface area contributed by atoms with Gasteiger partial charge in [0.2, 0.25) is 0 Å². The van der Waals surface area contributed by atoms with E-state index in [4.69, 9.17) is 0 Å².